The number of nitrogens with one attached hydrogen (secondary N) is 1. The summed E-state index contributed by atoms with van der Waals surface area (Å²) in [6, 6.07) is 6.43. The molecule has 0 aliphatic carbocycles. The molecule has 0 spiro atoms. The molecular weight excluding hydrogens is 321 g/mol. The van der Waals surface area contributed by atoms with Crippen molar-refractivity contribution in [3.63, 3.8) is 0 Å². The molecule has 2 aliphatic heterocycles. The molecule has 3 N–H and O–H groups in total. The van der Waals surface area contributed by atoms with Crippen LogP contribution in [0.2, 0.25) is 0 Å². The summed E-state index contributed by atoms with van der Waals surface area (Å²) < 4.78 is 18.3. The van der Waals surface area contributed by atoms with Gasteiger partial charge >= 0.3 is 0 Å². The molecule has 1 atom stereocenters. The van der Waals surface area contributed by atoms with E-state index in [4.69, 9.17) is 10.5 Å². The van der Waals surface area contributed by atoms with Crippen molar-refractivity contribution in [2.45, 2.75) is 44.3 Å². The Hall–Kier alpha value is -1.50. The number of piperidine rings is 1. The molecule has 1 amide bonds. The predicted molar refractivity (Wildman–Crippen MR) is 94.4 cm³/mol. The number of likely N-dealkylation sites (tertiary alicyclic amines) is 1. The molecule has 5 nitrogen and oxygen atoms in total. The number of benzene rings is 1. The maximum atomic E-state index is 13.0. The lowest BCUT2D eigenvalue weighted by Gasteiger charge is -2.34. The number of nitrogens with zero attached hydrogens (tertiary/aromatic N) is 1. The summed E-state index contributed by atoms with van der Waals surface area (Å²) in [6.45, 7) is 4.08. The number of hydrogen-bond donors (Lipinski definition) is 2. The van der Waals surface area contributed by atoms with Gasteiger partial charge in [0.05, 0.1) is 6.04 Å². The molecule has 0 bridgehead atoms. The van der Waals surface area contributed by atoms with Gasteiger partial charge in [-0.05, 0) is 49.3 Å². The number of carbonyl (C=O) groups excluding carboxylic acids is 1. The van der Waals surface area contributed by atoms with Gasteiger partial charge in [0, 0.05) is 38.9 Å². The van der Waals surface area contributed by atoms with Gasteiger partial charge < -0.3 is 15.8 Å². The van der Waals surface area contributed by atoms with Crippen LogP contribution >= 0.6 is 0 Å². The Morgan fingerprint density at radius 1 is 1.20 bits per heavy atom. The molecule has 2 heterocycles. The van der Waals surface area contributed by atoms with Gasteiger partial charge in [0.1, 0.15) is 5.82 Å². The highest BCUT2D eigenvalue weighted by Crippen LogP contribution is 2.19. The second kappa shape index (κ2) is 8.74. The Morgan fingerprint density at radius 3 is 2.48 bits per heavy atom. The van der Waals surface area contributed by atoms with Crippen molar-refractivity contribution < 1.29 is 13.9 Å². The second-order valence-corrected chi connectivity index (χ2v) is 7.16. The van der Waals surface area contributed by atoms with Crippen LogP contribution in [0.3, 0.4) is 0 Å². The van der Waals surface area contributed by atoms with Crippen LogP contribution in [0.4, 0.5) is 4.39 Å². The maximum absolute atomic E-state index is 13.0. The van der Waals surface area contributed by atoms with Gasteiger partial charge in [-0.1, -0.05) is 12.1 Å². The van der Waals surface area contributed by atoms with E-state index in [1.807, 2.05) is 12.1 Å². The van der Waals surface area contributed by atoms with Crippen molar-refractivity contribution in [3.8, 4) is 0 Å². The van der Waals surface area contributed by atoms with Crippen molar-refractivity contribution in [1.82, 2.24) is 10.2 Å². The van der Waals surface area contributed by atoms with E-state index in [1.165, 1.54) is 12.1 Å². The Kier molecular flexibility index (Phi) is 6.39. The van der Waals surface area contributed by atoms with Crippen LogP contribution in [0.5, 0.6) is 0 Å². The first-order valence-corrected chi connectivity index (χ1v) is 9.22. The number of halogens is 1. The standard InChI is InChI=1S/C19H28FN3O2/c20-16-3-1-14(2-4-16)13-23-9-5-17(6-10-23)22-19(24)18(21)15-7-11-25-12-8-15/h1-4,15,17-18H,5-13,21H2,(H,22,24). The van der Waals surface area contributed by atoms with Gasteiger partial charge in [-0.15, -0.1) is 0 Å². The fourth-order valence-electron chi connectivity index (χ4n) is 3.67. The normalized spacial score (nSPS) is 21.8. The van der Waals surface area contributed by atoms with Gasteiger partial charge in [-0.3, -0.25) is 9.69 Å². The number of ether oxygens (including phenoxy) is 1. The Balaban J connectivity index is 1.41. The lowest BCUT2D eigenvalue weighted by molar-refractivity contribution is -0.125. The smallest absolute Gasteiger partial charge is 0.237 e. The maximum Gasteiger partial charge on any atom is 0.237 e. The molecule has 2 fully saturated rings. The third-order valence-corrected chi connectivity index (χ3v) is 5.33. The summed E-state index contributed by atoms with van der Waals surface area (Å²) >= 11 is 0. The van der Waals surface area contributed by atoms with E-state index in [-0.39, 0.29) is 23.7 Å². The highest BCUT2D eigenvalue weighted by Gasteiger charge is 2.29. The molecule has 25 heavy (non-hydrogen) atoms. The van der Waals surface area contributed by atoms with Crippen LogP contribution in [-0.2, 0) is 16.1 Å². The van der Waals surface area contributed by atoms with E-state index in [1.54, 1.807) is 0 Å². The zero-order valence-electron chi connectivity index (χ0n) is 14.6. The molecule has 2 aliphatic rings. The highest BCUT2D eigenvalue weighted by molar-refractivity contribution is 5.82. The lowest BCUT2D eigenvalue weighted by atomic mass is 9.91. The van der Waals surface area contributed by atoms with Crippen LogP contribution in [0.25, 0.3) is 0 Å². The summed E-state index contributed by atoms with van der Waals surface area (Å²) in [5, 5.41) is 3.13. The topological polar surface area (TPSA) is 67.6 Å². The average molecular weight is 349 g/mol. The monoisotopic (exact) mass is 349 g/mol. The van der Waals surface area contributed by atoms with Crippen molar-refractivity contribution in [3.05, 3.63) is 35.6 Å². The molecule has 1 aromatic carbocycles. The minimum atomic E-state index is -0.429. The molecular formula is C19H28FN3O2. The molecule has 3 rings (SSSR count). The summed E-state index contributed by atoms with van der Waals surface area (Å²) in [5.74, 6) is 0.00207. The lowest BCUT2D eigenvalue weighted by Crippen LogP contribution is -2.52. The SMILES string of the molecule is NC(C(=O)NC1CCN(Cc2ccc(F)cc2)CC1)C1CCOCC1. The van der Waals surface area contributed by atoms with Gasteiger partial charge in [-0.25, -0.2) is 4.39 Å². The predicted octanol–water partition coefficient (Wildman–Crippen LogP) is 1.66. The summed E-state index contributed by atoms with van der Waals surface area (Å²) in [7, 11) is 0. The molecule has 2 saturated heterocycles. The summed E-state index contributed by atoms with van der Waals surface area (Å²) in [6.07, 6.45) is 3.58. The van der Waals surface area contributed by atoms with Crippen LogP contribution in [0.15, 0.2) is 24.3 Å². The number of amides is 1. The van der Waals surface area contributed by atoms with Gasteiger partial charge in [0.2, 0.25) is 5.91 Å². The molecule has 0 aromatic heterocycles. The van der Waals surface area contributed by atoms with Crippen molar-refractivity contribution in [2.75, 3.05) is 26.3 Å². The van der Waals surface area contributed by atoms with Crippen LogP contribution in [0.1, 0.15) is 31.2 Å². The zero-order valence-corrected chi connectivity index (χ0v) is 14.6. The average Bonchev–Trinajstić information content (AvgIpc) is 2.65. The molecule has 1 aromatic rings. The van der Waals surface area contributed by atoms with E-state index >= 15 is 0 Å². The zero-order chi connectivity index (χ0) is 17.6. The van der Waals surface area contributed by atoms with E-state index < -0.39 is 6.04 Å². The summed E-state index contributed by atoms with van der Waals surface area (Å²) in [5.41, 5.74) is 7.26. The number of hydrogen-bond acceptors (Lipinski definition) is 4. The Bertz CT molecular complexity index is 552. The van der Waals surface area contributed by atoms with Gasteiger partial charge in [0.15, 0.2) is 0 Å². The first-order chi connectivity index (χ1) is 12.1. The van der Waals surface area contributed by atoms with Crippen molar-refractivity contribution >= 4 is 5.91 Å². The first-order valence-electron chi connectivity index (χ1n) is 9.22. The van der Waals surface area contributed by atoms with E-state index in [0.29, 0.717) is 13.2 Å². The Morgan fingerprint density at radius 2 is 1.84 bits per heavy atom. The van der Waals surface area contributed by atoms with Crippen molar-refractivity contribution in [1.29, 1.82) is 0 Å². The first kappa shape index (κ1) is 18.3. The second-order valence-electron chi connectivity index (χ2n) is 7.16. The van der Waals surface area contributed by atoms with E-state index in [0.717, 1.165) is 50.9 Å². The van der Waals surface area contributed by atoms with Gasteiger partial charge in [0.25, 0.3) is 0 Å². The minimum Gasteiger partial charge on any atom is -0.381 e. The highest BCUT2D eigenvalue weighted by atomic mass is 19.1. The van der Waals surface area contributed by atoms with Crippen molar-refractivity contribution in [2.24, 2.45) is 11.7 Å². The minimum absolute atomic E-state index is 0.0242. The Labute approximate surface area is 148 Å². The number of carbonyl (C=O) groups is 1. The molecule has 0 saturated carbocycles. The fourth-order valence-corrected chi connectivity index (χ4v) is 3.67. The quantitative estimate of drug-likeness (QED) is 0.848. The van der Waals surface area contributed by atoms with Crippen LogP contribution in [0, 0.1) is 11.7 Å². The number of nitrogens with two attached hydrogens (primary N) is 1. The third-order valence-electron chi connectivity index (χ3n) is 5.33. The molecule has 6 heteroatoms. The fraction of sp³-hybridized carbons (Fsp3) is 0.632. The number of rotatable bonds is 5. The van der Waals surface area contributed by atoms with E-state index in [2.05, 4.69) is 10.2 Å². The third kappa shape index (κ3) is 5.23. The molecule has 0 radical (unpaired) electrons. The van der Waals surface area contributed by atoms with Gasteiger partial charge in [-0.2, -0.15) is 0 Å². The van der Waals surface area contributed by atoms with Crippen LogP contribution < -0.4 is 11.1 Å². The van der Waals surface area contributed by atoms with Crippen LogP contribution in [-0.4, -0.2) is 49.2 Å². The summed E-state index contributed by atoms with van der Waals surface area (Å²) in [4.78, 5) is 14.7. The molecule has 1 unspecified atom stereocenters. The van der Waals surface area contributed by atoms with E-state index in [9.17, 15) is 9.18 Å². The molecule has 138 valence electrons. The largest absolute Gasteiger partial charge is 0.381 e.